The second kappa shape index (κ2) is 3.88. The molecule has 3 rings (SSSR count). The van der Waals surface area contributed by atoms with Crippen molar-refractivity contribution in [2.45, 2.75) is 70.0 Å². The molecule has 0 aromatic carbocycles. The fourth-order valence-corrected chi connectivity index (χ4v) is 2.78. The predicted molar refractivity (Wildman–Crippen MR) is 59.6 cm³/mol. The Morgan fingerprint density at radius 3 is 2.17 bits per heavy atom. The molecular weight excluding hydrogens is 240 g/mol. The van der Waals surface area contributed by atoms with Gasteiger partial charge in [0, 0.05) is 0 Å². The molecule has 3 aliphatic heterocycles. The van der Waals surface area contributed by atoms with Gasteiger partial charge in [0.25, 0.3) is 0 Å². The van der Waals surface area contributed by atoms with Crippen LogP contribution in [0, 0.1) is 0 Å². The van der Waals surface area contributed by atoms with Gasteiger partial charge < -0.3 is 28.8 Å². The molecule has 5 atom stereocenters. The van der Waals surface area contributed by atoms with E-state index in [9.17, 15) is 5.11 Å². The number of hydrogen-bond acceptors (Lipinski definition) is 6. The molecule has 0 amide bonds. The molecule has 18 heavy (non-hydrogen) atoms. The van der Waals surface area contributed by atoms with E-state index in [1.165, 1.54) is 0 Å². The van der Waals surface area contributed by atoms with Crippen LogP contribution in [0.1, 0.15) is 27.7 Å². The molecule has 0 saturated carbocycles. The minimum atomic E-state index is -0.978. The first-order valence-corrected chi connectivity index (χ1v) is 6.28. The molecule has 0 aromatic heterocycles. The van der Waals surface area contributed by atoms with Crippen LogP contribution in [0.4, 0.5) is 0 Å². The molecule has 6 nitrogen and oxygen atoms in total. The van der Waals surface area contributed by atoms with Crippen LogP contribution < -0.4 is 0 Å². The van der Waals surface area contributed by atoms with E-state index in [1.807, 2.05) is 27.7 Å². The lowest BCUT2D eigenvalue weighted by Gasteiger charge is -2.26. The number of aliphatic hydroxyl groups is 1. The average Bonchev–Trinajstić information content (AvgIpc) is 2.81. The number of hydrogen-bond donors (Lipinski definition) is 1. The smallest absolute Gasteiger partial charge is 0.184 e. The van der Waals surface area contributed by atoms with Gasteiger partial charge in [-0.25, -0.2) is 0 Å². The van der Waals surface area contributed by atoms with Crippen LogP contribution in [0.3, 0.4) is 0 Å². The maximum atomic E-state index is 9.87. The van der Waals surface area contributed by atoms with Crippen molar-refractivity contribution in [3.63, 3.8) is 0 Å². The summed E-state index contributed by atoms with van der Waals surface area (Å²) >= 11 is 0. The van der Waals surface area contributed by atoms with Crippen molar-refractivity contribution < 1.29 is 28.8 Å². The van der Waals surface area contributed by atoms with E-state index in [0.29, 0.717) is 6.61 Å². The van der Waals surface area contributed by atoms with Crippen LogP contribution in [0.5, 0.6) is 0 Å². The first-order chi connectivity index (χ1) is 8.27. The molecule has 0 bridgehead atoms. The molecule has 3 fully saturated rings. The topological polar surface area (TPSA) is 66.4 Å². The van der Waals surface area contributed by atoms with Crippen molar-refractivity contribution in [3.8, 4) is 0 Å². The summed E-state index contributed by atoms with van der Waals surface area (Å²) in [6.45, 7) is 7.78. The summed E-state index contributed by atoms with van der Waals surface area (Å²) in [6.07, 6.45) is -2.38. The molecule has 3 aliphatic rings. The van der Waals surface area contributed by atoms with Crippen molar-refractivity contribution >= 4 is 0 Å². The number of rotatable bonds is 1. The molecule has 3 saturated heterocycles. The van der Waals surface area contributed by atoms with E-state index < -0.39 is 24.0 Å². The lowest BCUT2D eigenvalue weighted by Crippen LogP contribution is -2.40. The molecule has 0 aliphatic carbocycles. The van der Waals surface area contributed by atoms with E-state index in [0.717, 1.165) is 0 Å². The van der Waals surface area contributed by atoms with E-state index in [4.69, 9.17) is 23.7 Å². The van der Waals surface area contributed by atoms with Gasteiger partial charge in [-0.15, -0.1) is 0 Å². The third-order valence-electron chi connectivity index (χ3n) is 3.46. The fourth-order valence-electron chi connectivity index (χ4n) is 2.78. The predicted octanol–water partition coefficient (Wildman–Crippen LogP) is 0.375. The first kappa shape index (κ1) is 12.8. The highest BCUT2D eigenvalue weighted by molar-refractivity contribution is 4.99. The quantitative estimate of drug-likeness (QED) is 0.735. The molecule has 6 heteroatoms. The van der Waals surface area contributed by atoms with Crippen LogP contribution in [-0.2, 0) is 23.7 Å². The number of ether oxygens (including phenoxy) is 5. The first-order valence-electron chi connectivity index (χ1n) is 6.28. The monoisotopic (exact) mass is 260 g/mol. The largest absolute Gasteiger partial charge is 0.366 e. The molecule has 0 radical (unpaired) electrons. The van der Waals surface area contributed by atoms with Gasteiger partial charge in [0.15, 0.2) is 17.9 Å². The van der Waals surface area contributed by atoms with Gasteiger partial charge in [-0.1, -0.05) is 0 Å². The molecule has 3 heterocycles. The van der Waals surface area contributed by atoms with Gasteiger partial charge >= 0.3 is 0 Å². The lowest BCUT2D eigenvalue weighted by molar-refractivity contribution is -0.236. The zero-order valence-corrected chi connectivity index (χ0v) is 11.1. The highest BCUT2D eigenvalue weighted by atomic mass is 16.8. The zero-order chi connectivity index (χ0) is 13.1. The summed E-state index contributed by atoms with van der Waals surface area (Å²) in [5.41, 5.74) is 0. The van der Waals surface area contributed by atoms with Gasteiger partial charge in [-0.05, 0) is 27.7 Å². The Kier molecular flexibility index (Phi) is 2.75. The minimum Gasteiger partial charge on any atom is -0.366 e. The third kappa shape index (κ3) is 2.07. The van der Waals surface area contributed by atoms with Crippen molar-refractivity contribution in [2.24, 2.45) is 0 Å². The highest BCUT2D eigenvalue weighted by Crippen LogP contribution is 2.41. The Bertz CT molecular complexity index is 341. The molecule has 1 N–H and O–H groups in total. The SMILES string of the molecule is CC1(C)O[C@H]2[C@H]([C@@H]3COC(C)(C)O3)O[C@H](O)[C@H]2O1. The number of fused-ring (bicyclic) bond motifs is 1. The molecule has 104 valence electrons. The maximum absolute atomic E-state index is 9.87. The minimum absolute atomic E-state index is 0.248. The standard InChI is InChI=1S/C12H20O6/c1-11(2)14-5-6(16-11)7-8-9(10(13)15-7)18-12(3,4)17-8/h6-10,13H,5H2,1-4H3/t6-,7-,8-,9-,10-/m0/s1. The summed E-state index contributed by atoms with van der Waals surface area (Å²) in [6, 6.07) is 0. The van der Waals surface area contributed by atoms with E-state index in [1.54, 1.807) is 0 Å². The van der Waals surface area contributed by atoms with Crippen molar-refractivity contribution in [1.82, 2.24) is 0 Å². The average molecular weight is 260 g/mol. The summed E-state index contributed by atoms with van der Waals surface area (Å²) < 4.78 is 28.2. The Hall–Kier alpha value is -0.240. The van der Waals surface area contributed by atoms with E-state index in [-0.39, 0.29) is 18.3 Å². The normalized spacial score (nSPS) is 49.5. The second-order valence-corrected chi connectivity index (χ2v) is 5.92. The van der Waals surface area contributed by atoms with Crippen molar-refractivity contribution in [3.05, 3.63) is 0 Å². The Balaban J connectivity index is 1.75. The van der Waals surface area contributed by atoms with Crippen LogP contribution >= 0.6 is 0 Å². The van der Waals surface area contributed by atoms with Gasteiger partial charge in [-0.2, -0.15) is 0 Å². The van der Waals surface area contributed by atoms with Crippen LogP contribution in [0.2, 0.25) is 0 Å². The molecule has 0 unspecified atom stereocenters. The maximum Gasteiger partial charge on any atom is 0.184 e. The molecule has 0 spiro atoms. The van der Waals surface area contributed by atoms with E-state index >= 15 is 0 Å². The Morgan fingerprint density at radius 2 is 1.56 bits per heavy atom. The third-order valence-corrected chi connectivity index (χ3v) is 3.46. The van der Waals surface area contributed by atoms with Crippen molar-refractivity contribution in [1.29, 1.82) is 0 Å². The van der Waals surface area contributed by atoms with Gasteiger partial charge in [-0.3, -0.25) is 0 Å². The van der Waals surface area contributed by atoms with Crippen molar-refractivity contribution in [2.75, 3.05) is 6.61 Å². The Morgan fingerprint density at radius 1 is 0.889 bits per heavy atom. The van der Waals surface area contributed by atoms with Crippen LogP contribution in [0.15, 0.2) is 0 Å². The van der Waals surface area contributed by atoms with Gasteiger partial charge in [0.05, 0.1) is 6.61 Å². The summed E-state index contributed by atoms with van der Waals surface area (Å²) in [5, 5.41) is 9.87. The zero-order valence-electron chi connectivity index (χ0n) is 11.1. The fraction of sp³-hybridized carbons (Fsp3) is 1.00. The molecule has 0 aromatic rings. The lowest BCUT2D eigenvalue weighted by atomic mass is 10.1. The second-order valence-electron chi connectivity index (χ2n) is 5.92. The van der Waals surface area contributed by atoms with Crippen LogP contribution in [-0.4, -0.2) is 54.0 Å². The van der Waals surface area contributed by atoms with Gasteiger partial charge in [0.1, 0.15) is 24.4 Å². The van der Waals surface area contributed by atoms with Crippen LogP contribution in [0.25, 0.3) is 0 Å². The highest BCUT2D eigenvalue weighted by Gasteiger charge is 2.58. The number of aliphatic hydroxyl groups excluding tert-OH is 1. The Labute approximate surface area is 106 Å². The summed E-state index contributed by atoms with van der Waals surface area (Å²) in [7, 11) is 0. The van der Waals surface area contributed by atoms with E-state index in [2.05, 4.69) is 0 Å². The summed E-state index contributed by atoms with van der Waals surface area (Å²) in [4.78, 5) is 0. The summed E-state index contributed by atoms with van der Waals surface area (Å²) in [5.74, 6) is -1.32. The van der Waals surface area contributed by atoms with Gasteiger partial charge in [0.2, 0.25) is 0 Å². The molecular formula is C12H20O6.